The van der Waals surface area contributed by atoms with Crippen molar-refractivity contribution in [3.63, 3.8) is 0 Å². The van der Waals surface area contributed by atoms with Crippen molar-refractivity contribution in [3.8, 4) is 0 Å². The Balaban J connectivity index is 1.45. The third kappa shape index (κ3) is 6.90. The first-order valence-corrected chi connectivity index (χ1v) is 11.4. The maximum atomic E-state index is 12.8. The van der Waals surface area contributed by atoms with Gasteiger partial charge in [0.25, 0.3) is 5.56 Å². The molecule has 1 amide bonds. The van der Waals surface area contributed by atoms with E-state index in [0.29, 0.717) is 43.7 Å². The number of alkyl halides is 3. The van der Waals surface area contributed by atoms with E-state index in [1.807, 2.05) is 18.7 Å². The number of piperidine rings is 1. The van der Waals surface area contributed by atoms with Crippen LogP contribution in [0.5, 0.6) is 0 Å². The summed E-state index contributed by atoms with van der Waals surface area (Å²) in [7, 11) is 0. The summed E-state index contributed by atoms with van der Waals surface area (Å²) in [4.78, 5) is 35.7. The molecule has 3 rings (SSSR count). The van der Waals surface area contributed by atoms with Crippen LogP contribution in [-0.2, 0) is 15.7 Å². The fourth-order valence-corrected chi connectivity index (χ4v) is 3.96. The van der Waals surface area contributed by atoms with Gasteiger partial charge < -0.3 is 19.9 Å². The summed E-state index contributed by atoms with van der Waals surface area (Å²) in [6, 6.07) is -0.144. The van der Waals surface area contributed by atoms with Crippen molar-refractivity contribution in [3.05, 3.63) is 40.1 Å². The number of rotatable bonds is 9. The van der Waals surface area contributed by atoms with Crippen LogP contribution in [0.4, 0.5) is 24.8 Å². The normalized spacial score (nSPS) is 15.7. The van der Waals surface area contributed by atoms with Crippen LogP contribution in [0.15, 0.2) is 23.4 Å². The Bertz CT molecular complexity index is 1040. The first-order valence-electron chi connectivity index (χ1n) is 11.4. The second kappa shape index (κ2) is 11.5. The first-order chi connectivity index (χ1) is 16.6. The van der Waals surface area contributed by atoms with Gasteiger partial charge in [0.1, 0.15) is 6.61 Å². The van der Waals surface area contributed by atoms with E-state index in [-0.39, 0.29) is 42.7 Å². The monoisotopic (exact) mass is 497 g/mol. The molecule has 13 heteroatoms. The lowest BCUT2D eigenvalue weighted by atomic mass is 10.0. The summed E-state index contributed by atoms with van der Waals surface area (Å²) in [6.45, 7) is 7.24. The summed E-state index contributed by atoms with van der Waals surface area (Å²) in [5.74, 6) is 0.124. The largest absolute Gasteiger partial charge is 0.419 e. The molecule has 1 atom stereocenters. The fraction of sp³-hybridized carbons (Fsp3) is 0.591. The predicted molar refractivity (Wildman–Crippen MR) is 123 cm³/mol. The zero-order chi connectivity index (χ0) is 25.6. The Labute approximate surface area is 200 Å². The first kappa shape index (κ1) is 26.4. The van der Waals surface area contributed by atoms with Crippen LogP contribution in [-0.4, -0.2) is 75.9 Å². The number of aromatic nitrogens is 4. The number of amides is 1. The second-order valence-corrected chi connectivity index (χ2v) is 8.47. The maximum Gasteiger partial charge on any atom is 0.419 e. The molecule has 35 heavy (non-hydrogen) atoms. The molecular weight excluding hydrogens is 467 g/mol. The Morgan fingerprint density at radius 3 is 2.54 bits per heavy atom. The van der Waals surface area contributed by atoms with E-state index < -0.39 is 11.7 Å². The van der Waals surface area contributed by atoms with E-state index in [9.17, 15) is 22.8 Å². The standard InChI is InChI=1S/C22H30F3N7O3/c1-4-32(19(33)13-35-12-14(2)29-18-11-28-30-20(34)15(18)3)17-5-7-31(8-6-17)21-26-9-16(10-27-21)22(23,24)25/h9-11,14,17H,4-8,12-13H2,1-3H3,(H2,29,30,34)/t14-/m0/s1. The molecule has 1 aliphatic rings. The number of hydrogen-bond acceptors (Lipinski definition) is 8. The Morgan fingerprint density at radius 2 is 1.94 bits per heavy atom. The quantitative estimate of drug-likeness (QED) is 0.542. The minimum atomic E-state index is -4.47. The van der Waals surface area contributed by atoms with Crippen molar-refractivity contribution in [1.82, 2.24) is 25.1 Å². The number of aromatic amines is 1. The number of hydrogen-bond donors (Lipinski definition) is 2. The van der Waals surface area contributed by atoms with Gasteiger partial charge in [-0.15, -0.1) is 0 Å². The number of carbonyl (C=O) groups excluding carboxylic acids is 1. The minimum Gasteiger partial charge on any atom is -0.379 e. The summed E-state index contributed by atoms with van der Waals surface area (Å²) in [5, 5.41) is 9.29. The Morgan fingerprint density at radius 1 is 1.29 bits per heavy atom. The van der Waals surface area contributed by atoms with Gasteiger partial charge >= 0.3 is 6.18 Å². The van der Waals surface area contributed by atoms with Gasteiger partial charge in [-0.3, -0.25) is 9.59 Å². The molecule has 1 aliphatic heterocycles. The van der Waals surface area contributed by atoms with Crippen molar-refractivity contribution in [2.24, 2.45) is 0 Å². The van der Waals surface area contributed by atoms with Crippen LogP contribution in [0.1, 0.15) is 37.8 Å². The van der Waals surface area contributed by atoms with Crippen LogP contribution < -0.4 is 15.8 Å². The molecule has 3 heterocycles. The third-order valence-corrected chi connectivity index (χ3v) is 5.91. The summed E-state index contributed by atoms with van der Waals surface area (Å²) in [5.41, 5.74) is -0.0243. The number of nitrogens with one attached hydrogen (secondary N) is 2. The van der Waals surface area contributed by atoms with E-state index in [1.54, 1.807) is 11.8 Å². The van der Waals surface area contributed by atoms with Gasteiger partial charge in [-0.2, -0.15) is 18.3 Å². The Kier molecular flexibility index (Phi) is 8.65. The zero-order valence-corrected chi connectivity index (χ0v) is 19.9. The summed E-state index contributed by atoms with van der Waals surface area (Å²) in [6.07, 6.45) is -0.0680. The number of halogens is 3. The maximum absolute atomic E-state index is 12.8. The fourth-order valence-electron chi connectivity index (χ4n) is 3.96. The SMILES string of the molecule is CCN(C(=O)COC[C@H](C)Nc1cn[nH]c(=O)c1C)C1CCN(c2ncc(C(F)(F)F)cn2)CC1. The van der Waals surface area contributed by atoms with Crippen LogP contribution >= 0.6 is 0 Å². The van der Waals surface area contributed by atoms with Crippen LogP contribution in [0.3, 0.4) is 0 Å². The van der Waals surface area contributed by atoms with Crippen molar-refractivity contribution < 1.29 is 22.7 Å². The van der Waals surface area contributed by atoms with Gasteiger partial charge in [-0.1, -0.05) is 0 Å². The van der Waals surface area contributed by atoms with Crippen molar-refractivity contribution in [2.75, 3.05) is 43.1 Å². The number of likely N-dealkylation sites (N-methyl/N-ethyl adjacent to an activating group) is 1. The molecular formula is C22H30F3N7O3. The molecule has 2 aromatic rings. The molecule has 0 aromatic carbocycles. The van der Waals surface area contributed by atoms with E-state index in [4.69, 9.17) is 4.74 Å². The molecule has 1 fully saturated rings. The average Bonchev–Trinajstić information content (AvgIpc) is 2.82. The highest BCUT2D eigenvalue weighted by molar-refractivity contribution is 5.77. The number of H-pyrrole nitrogens is 1. The van der Waals surface area contributed by atoms with Crippen molar-refractivity contribution >= 4 is 17.5 Å². The molecule has 2 aromatic heterocycles. The summed E-state index contributed by atoms with van der Waals surface area (Å²) < 4.78 is 43.8. The van der Waals surface area contributed by atoms with Crippen LogP contribution in [0, 0.1) is 6.92 Å². The summed E-state index contributed by atoms with van der Waals surface area (Å²) >= 11 is 0. The lowest BCUT2D eigenvalue weighted by Gasteiger charge is -2.38. The molecule has 192 valence electrons. The second-order valence-electron chi connectivity index (χ2n) is 8.47. The van der Waals surface area contributed by atoms with Gasteiger partial charge in [0.05, 0.1) is 24.1 Å². The minimum absolute atomic E-state index is 0.00196. The van der Waals surface area contributed by atoms with Crippen LogP contribution in [0.25, 0.3) is 0 Å². The van der Waals surface area contributed by atoms with E-state index in [0.717, 1.165) is 12.4 Å². The van der Waals surface area contributed by atoms with Crippen molar-refractivity contribution in [2.45, 2.75) is 51.9 Å². The lowest BCUT2D eigenvalue weighted by Crippen LogP contribution is -2.49. The number of nitrogens with zero attached hydrogens (tertiary/aromatic N) is 5. The van der Waals surface area contributed by atoms with Gasteiger partial charge in [0.15, 0.2) is 0 Å². The molecule has 0 saturated carbocycles. The highest BCUT2D eigenvalue weighted by atomic mass is 19.4. The molecule has 0 radical (unpaired) electrons. The molecule has 10 nitrogen and oxygen atoms in total. The van der Waals surface area contributed by atoms with E-state index in [2.05, 4.69) is 25.5 Å². The molecule has 0 bridgehead atoms. The topological polar surface area (TPSA) is 116 Å². The van der Waals surface area contributed by atoms with Crippen molar-refractivity contribution in [1.29, 1.82) is 0 Å². The molecule has 0 spiro atoms. The van der Waals surface area contributed by atoms with Crippen LogP contribution in [0.2, 0.25) is 0 Å². The third-order valence-electron chi connectivity index (χ3n) is 5.91. The molecule has 2 N–H and O–H groups in total. The van der Waals surface area contributed by atoms with E-state index in [1.165, 1.54) is 6.20 Å². The zero-order valence-electron chi connectivity index (χ0n) is 19.9. The number of ether oxygens (including phenoxy) is 1. The van der Waals surface area contributed by atoms with Gasteiger partial charge in [-0.05, 0) is 33.6 Å². The van der Waals surface area contributed by atoms with Gasteiger partial charge in [0, 0.05) is 49.7 Å². The lowest BCUT2D eigenvalue weighted by molar-refractivity contribution is -0.139. The molecule has 0 unspecified atom stereocenters. The smallest absolute Gasteiger partial charge is 0.379 e. The highest BCUT2D eigenvalue weighted by Gasteiger charge is 2.32. The molecule has 0 aliphatic carbocycles. The van der Waals surface area contributed by atoms with Gasteiger partial charge in [0.2, 0.25) is 11.9 Å². The average molecular weight is 498 g/mol. The van der Waals surface area contributed by atoms with Gasteiger partial charge in [-0.25, -0.2) is 15.1 Å². The van der Waals surface area contributed by atoms with E-state index >= 15 is 0 Å². The number of anilines is 2. The number of carbonyl (C=O) groups is 1. The molecule has 1 saturated heterocycles. The Hall–Kier alpha value is -3.22. The predicted octanol–water partition coefficient (Wildman–Crippen LogP) is 2.22. The highest BCUT2D eigenvalue weighted by Crippen LogP contribution is 2.29.